The maximum absolute atomic E-state index is 9.01. The Morgan fingerprint density at radius 1 is 1.39 bits per heavy atom. The van der Waals surface area contributed by atoms with Crippen LogP contribution in [0.1, 0.15) is 24.3 Å². The second-order valence-electron chi connectivity index (χ2n) is 5.15. The standard InChI is InChI=1S/C15H24N2O/c1-16-15(8-10-18)12-17-9-7-14(11-17)13-5-3-2-4-6-13/h2-6,14-16,18H,7-12H2,1H3. The Morgan fingerprint density at radius 2 is 2.17 bits per heavy atom. The summed E-state index contributed by atoms with van der Waals surface area (Å²) in [5.41, 5.74) is 1.46. The molecule has 18 heavy (non-hydrogen) atoms. The summed E-state index contributed by atoms with van der Waals surface area (Å²) in [6.45, 7) is 3.62. The number of aliphatic hydroxyl groups excluding tert-OH is 1. The molecule has 1 heterocycles. The van der Waals surface area contributed by atoms with E-state index in [1.807, 2.05) is 7.05 Å². The van der Waals surface area contributed by atoms with E-state index in [-0.39, 0.29) is 6.61 Å². The van der Waals surface area contributed by atoms with Crippen molar-refractivity contribution in [3.8, 4) is 0 Å². The molecular weight excluding hydrogens is 224 g/mol. The molecule has 2 atom stereocenters. The first-order valence-electron chi connectivity index (χ1n) is 6.89. The molecule has 2 N–H and O–H groups in total. The normalized spacial score (nSPS) is 22.2. The zero-order valence-corrected chi connectivity index (χ0v) is 11.2. The number of likely N-dealkylation sites (tertiary alicyclic amines) is 1. The third kappa shape index (κ3) is 3.55. The molecule has 100 valence electrons. The Kier molecular flexibility index (Phi) is 5.17. The maximum atomic E-state index is 9.01. The second-order valence-corrected chi connectivity index (χ2v) is 5.15. The number of nitrogens with one attached hydrogen (secondary N) is 1. The average molecular weight is 248 g/mol. The van der Waals surface area contributed by atoms with Gasteiger partial charge in [0.15, 0.2) is 0 Å². The minimum Gasteiger partial charge on any atom is -0.396 e. The van der Waals surface area contributed by atoms with Gasteiger partial charge in [0.1, 0.15) is 0 Å². The van der Waals surface area contributed by atoms with Gasteiger partial charge in [-0.25, -0.2) is 0 Å². The van der Waals surface area contributed by atoms with Gasteiger partial charge in [0, 0.05) is 25.7 Å². The first-order chi connectivity index (χ1) is 8.83. The van der Waals surface area contributed by atoms with Crippen molar-refractivity contribution in [2.75, 3.05) is 33.3 Å². The fourth-order valence-corrected chi connectivity index (χ4v) is 2.79. The molecule has 0 aromatic heterocycles. The first-order valence-corrected chi connectivity index (χ1v) is 6.89. The number of likely N-dealkylation sites (N-methyl/N-ethyl adjacent to an activating group) is 1. The third-order valence-electron chi connectivity index (χ3n) is 3.91. The number of hydrogen-bond acceptors (Lipinski definition) is 3. The van der Waals surface area contributed by atoms with Gasteiger partial charge in [-0.1, -0.05) is 30.3 Å². The average Bonchev–Trinajstić information content (AvgIpc) is 2.88. The van der Waals surface area contributed by atoms with Gasteiger partial charge in [-0.2, -0.15) is 0 Å². The summed E-state index contributed by atoms with van der Waals surface area (Å²) in [4.78, 5) is 2.51. The van der Waals surface area contributed by atoms with Crippen LogP contribution in [0.3, 0.4) is 0 Å². The van der Waals surface area contributed by atoms with Gasteiger partial charge in [-0.05, 0) is 37.9 Å². The summed E-state index contributed by atoms with van der Waals surface area (Å²) < 4.78 is 0. The minimum absolute atomic E-state index is 0.265. The van der Waals surface area contributed by atoms with Crippen LogP contribution >= 0.6 is 0 Å². The molecule has 1 aliphatic rings. The molecule has 0 amide bonds. The van der Waals surface area contributed by atoms with Crippen molar-refractivity contribution < 1.29 is 5.11 Å². The second kappa shape index (κ2) is 6.88. The predicted molar refractivity (Wildman–Crippen MR) is 74.8 cm³/mol. The van der Waals surface area contributed by atoms with E-state index in [0.717, 1.165) is 19.5 Å². The van der Waals surface area contributed by atoms with Crippen LogP contribution in [0.2, 0.25) is 0 Å². The number of aliphatic hydroxyl groups is 1. The highest BCUT2D eigenvalue weighted by molar-refractivity contribution is 5.21. The number of rotatable bonds is 6. The lowest BCUT2D eigenvalue weighted by atomic mass is 9.99. The highest BCUT2D eigenvalue weighted by Gasteiger charge is 2.24. The number of nitrogens with zero attached hydrogens (tertiary/aromatic N) is 1. The van der Waals surface area contributed by atoms with Crippen molar-refractivity contribution in [1.82, 2.24) is 10.2 Å². The lowest BCUT2D eigenvalue weighted by Gasteiger charge is -2.23. The molecule has 1 fully saturated rings. The molecular formula is C15H24N2O. The lowest BCUT2D eigenvalue weighted by Crippen LogP contribution is -2.39. The Labute approximate surface area is 110 Å². The monoisotopic (exact) mass is 248 g/mol. The van der Waals surface area contributed by atoms with Gasteiger partial charge >= 0.3 is 0 Å². The molecule has 3 heteroatoms. The van der Waals surface area contributed by atoms with Crippen LogP contribution < -0.4 is 5.32 Å². The molecule has 0 aliphatic carbocycles. The minimum atomic E-state index is 0.265. The number of benzene rings is 1. The molecule has 0 bridgehead atoms. The van der Waals surface area contributed by atoms with Crippen molar-refractivity contribution in [2.45, 2.75) is 24.8 Å². The maximum Gasteiger partial charge on any atom is 0.0446 e. The third-order valence-corrected chi connectivity index (χ3v) is 3.91. The Balaban J connectivity index is 1.85. The summed E-state index contributed by atoms with van der Waals surface area (Å²) >= 11 is 0. The van der Waals surface area contributed by atoms with E-state index < -0.39 is 0 Å². The molecule has 3 nitrogen and oxygen atoms in total. The van der Waals surface area contributed by atoms with Crippen LogP contribution in [0, 0.1) is 0 Å². The van der Waals surface area contributed by atoms with Crippen LogP contribution in [-0.4, -0.2) is 49.3 Å². The van der Waals surface area contributed by atoms with E-state index in [0.29, 0.717) is 12.0 Å². The molecule has 2 unspecified atom stereocenters. The highest BCUT2D eigenvalue weighted by Crippen LogP contribution is 2.26. The topological polar surface area (TPSA) is 35.5 Å². The quantitative estimate of drug-likeness (QED) is 0.800. The molecule has 1 aromatic carbocycles. The first kappa shape index (κ1) is 13.5. The van der Waals surface area contributed by atoms with Crippen LogP contribution in [0.15, 0.2) is 30.3 Å². The van der Waals surface area contributed by atoms with Gasteiger partial charge in [-0.15, -0.1) is 0 Å². The van der Waals surface area contributed by atoms with Gasteiger partial charge < -0.3 is 15.3 Å². The van der Waals surface area contributed by atoms with E-state index >= 15 is 0 Å². The highest BCUT2D eigenvalue weighted by atomic mass is 16.3. The van der Waals surface area contributed by atoms with E-state index in [1.165, 1.54) is 18.5 Å². The Bertz CT molecular complexity index is 342. The molecule has 1 aliphatic heterocycles. The van der Waals surface area contributed by atoms with E-state index in [9.17, 15) is 0 Å². The largest absolute Gasteiger partial charge is 0.396 e. The smallest absolute Gasteiger partial charge is 0.0446 e. The van der Waals surface area contributed by atoms with Crippen molar-refractivity contribution in [1.29, 1.82) is 0 Å². The van der Waals surface area contributed by atoms with E-state index in [2.05, 4.69) is 40.5 Å². The van der Waals surface area contributed by atoms with Crippen molar-refractivity contribution in [3.05, 3.63) is 35.9 Å². The van der Waals surface area contributed by atoms with Gasteiger partial charge in [0.05, 0.1) is 0 Å². The molecule has 1 saturated heterocycles. The molecule has 0 saturated carbocycles. The SMILES string of the molecule is CNC(CCO)CN1CCC(c2ccccc2)C1. The zero-order valence-electron chi connectivity index (χ0n) is 11.2. The summed E-state index contributed by atoms with van der Waals surface area (Å²) in [6.07, 6.45) is 2.09. The molecule has 0 spiro atoms. The van der Waals surface area contributed by atoms with Crippen molar-refractivity contribution in [2.24, 2.45) is 0 Å². The van der Waals surface area contributed by atoms with Gasteiger partial charge in [0.2, 0.25) is 0 Å². The Hall–Kier alpha value is -0.900. The van der Waals surface area contributed by atoms with Crippen molar-refractivity contribution in [3.63, 3.8) is 0 Å². The van der Waals surface area contributed by atoms with Crippen LogP contribution in [0.4, 0.5) is 0 Å². The summed E-state index contributed by atoms with van der Waals surface area (Å²) in [5, 5.41) is 12.3. The van der Waals surface area contributed by atoms with E-state index in [1.54, 1.807) is 0 Å². The van der Waals surface area contributed by atoms with Crippen LogP contribution in [-0.2, 0) is 0 Å². The molecule has 0 radical (unpaired) electrons. The Morgan fingerprint density at radius 3 is 2.83 bits per heavy atom. The van der Waals surface area contributed by atoms with Crippen molar-refractivity contribution >= 4 is 0 Å². The van der Waals surface area contributed by atoms with E-state index in [4.69, 9.17) is 5.11 Å². The molecule has 1 aromatic rings. The fraction of sp³-hybridized carbons (Fsp3) is 0.600. The predicted octanol–water partition coefficient (Wildman–Crippen LogP) is 1.45. The fourth-order valence-electron chi connectivity index (χ4n) is 2.79. The van der Waals surface area contributed by atoms with Crippen LogP contribution in [0.5, 0.6) is 0 Å². The summed E-state index contributed by atoms with van der Waals surface area (Å²) in [7, 11) is 1.98. The van der Waals surface area contributed by atoms with Crippen LogP contribution in [0.25, 0.3) is 0 Å². The number of hydrogen-bond donors (Lipinski definition) is 2. The summed E-state index contributed by atoms with van der Waals surface area (Å²) in [6, 6.07) is 11.2. The molecule has 2 rings (SSSR count). The lowest BCUT2D eigenvalue weighted by molar-refractivity contribution is 0.232. The zero-order chi connectivity index (χ0) is 12.8. The van der Waals surface area contributed by atoms with Gasteiger partial charge in [-0.3, -0.25) is 0 Å². The van der Waals surface area contributed by atoms with Gasteiger partial charge in [0.25, 0.3) is 0 Å². The summed E-state index contributed by atoms with van der Waals surface area (Å²) in [5.74, 6) is 0.679.